The predicted molar refractivity (Wildman–Crippen MR) is 89.2 cm³/mol. The van der Waals surface area contributed by atoms with E-state index in [4.69, 9.17) is 27.9 Å². The summed E-state index contributed by atoms with van der Waals surface area (Å²) < 4.78 is 6.12. The minimum atomic E-state index is 0.116. The second-order valence-corrected chi connectivity index (χ2v) is 6.06. The molecule has 0 aliphatic carbocycles. The molecule has 20 heavy (non-hydrogen) atoms. The number of benzene rings is 2. The monoisotopic (exact) mass is 373 g/mol. The Balaban J connectivity index is 2.16. The van der Waals surface area contributed by atoms with E-state index in [9.17, 15) is 0 Å². The standard InChI is InChI=1S/C15H14BrCl2NO/c1-9(10-3-5-13(17)14(18)7-10)19-11-4-6-15(20-2)12(16)8-11/h3-9,19H,1-2H3. The van der Waals surface area contributed by atoms with Gasteiger partial charge in [0.25, 0.3) is 0 Å². The average molecular weight is 375 g/mol. The Labute approximate surface area is 137 Å². The van der Waals surface area contributed by atoms with Gasteiger partial charge in [0.2, 0.25) is 0 Å². The molecular weight excluding hydrogens is 361 g/mol. The summed E-state index contributed by atoms with van der Waals surface area (Å²) in [6, 6.07) is 11.6. The van der Waals surface area contributed by atoms with Crippen LogP contribution in [0.1, 0.15) is 18.5 Å². The largest absolute Gasteiger partial charge is 0.496 e. The van der Waals surface area contributed by atoms with E-state index in [0.717, 1.165) is 21.5 Å². The molecule has 0 fully saturated rings. The summed E-state index contributed by atoms with van der Waals surface area (Å²) in [5.74, 6) is 0.803. The summed E-state index contributed by atoms with van der Waals surface area (Å²) in [4.78, 5) is 0. The van der Waals surface area contributed by atoms with Crippen LogP contribution in [0.3, 0.4) is 0 Å². The Morgan fingerprint density at radius 2 is 1.85 bits per heavy atom. The van der Waals surface area contributed by atoms with Gasteiger partial charge in [0.1, 0.15) is 5.75 Å². The van der Waals surface area contributed by atoms with Crippen LogP contribution in [0.5, 0.6) is 5.75 Å². The lowest BCUT2D eigenvalue weighted by molar-refractivity contribution is 0.412. The smallest absolute Gasteiger partial charge is 0.133 e. The van der Waals surface area contributed by atoms with E-state index in [1.54, 1.807) is 13.2 Å². The minimum Gasteiger partial charge on any atom is -0.496 e. The van der Waals surface area contributed by atoms with Crippen molar-refractivity contribution in [2.24, 2.45) is 0 Å². The van der Waals surface area contributed by atoms with Gasteiger partial charge in [0.15, 0.2) is 0 Å². The van der Waals surface area contributed by atoms with Crippen LogP contribution in [-0.2, 0) is 0 Å². The van der Waals surface area contributed by atoms with E-state index < -0.39 is 0 Å². The van der Waals surface area contributed by atoms with E-state index in [-0.39, 0.29) is 6.04 Å². The van der Waals surface area contributed by atoms with Gasteiger partial charge in [0, 0.05) is 11.7 Å². The quantitative estimate of drug-likeness (QED) is 0.715. The van der Waals surface area contributed by atoms with Crippen LogP contribution >= 0.6 is 39.1 Å². The summed E-state index contributed by atoms with van der Waals surface area (Å²) in [6.45, 7) is 2.07. The van der Waals surface area contributed by atoms with Crippen LogP contribution in [0.2, 0.25) is 10.0 Å². The van der Waals surface area contributed by atoms with Crippen molar-refractivity contribution in [3.8, 4) is 5.75 Å². The first-order valence-electron chi connectivity index (χ1n) is 6.06. The SMILES string of the molecule is COc1ccc(NC(C)c2ccc(Cl)c(Cl)c2)cc1Br. The van der Waals surface area contributed by atoms with Crippen LogP contribution in [-0.4, -0.2) is 7.11 Å². The minimum absolute atomic E-state index is 0.116. The van der Waals surface area contributed by atoms with E-state index in [1.165, 1.54) is 0 Å². The van der Waals surface area contributed by atoms with Crippen molar-refractivity contribution in [2.75, 3.05) is 12.4 Å². The Bertz CT molecular complexity index is 619. The first kappa shape index (κ1) is 15.5. The summed E-state index contributed by atoms with van der Waals surface area (Å²) in [6.07, 6.45) is 0. The van der Waals surface area contributed by atoms with Gasteiger partial charge in [-0.15, -0.1) is 0 Å². The molecule has 0 saturated heterocycles. The summed E-state index contributed by atoms with van der Waals surface area (Å²) in [5, 5.41) is 4.54. The van der Waals surface area contributed by atoms with Gasteiger partial charge in [0.05, 0.1) is 21.6 Å². The zero-order chi connectivity index (χ0) is 14.7. The number of anilines is 1. The normalized spacial score (nSPS) is 12.1. The molecule has 2 rings (SSSR count). The molecule has 0 saturated carbocycles. The lowest BCUT2D eigenvalue weighted by Crippen LogP contribution is -2.06. The van der Waals surface area contributed by atoms with Crippen LogP contribution in [0, 0.1) is 0 Å². The molecule has 0 aliphatic rings. The molecule has 1 atom stereocenters. The molecule has 2 aromatic rings. The lowest BCUT2D eigenvalue weighted by Gasteiger charge is -2.17. The van der Waals surface area contributed by atoms with E-state index in [1.807, 2.05) is 30.3 Å². The fraction of sp³-hybridized carbons (Fsp3) is 0.200. The predicted octanol–water partition coefficient (Wildman–Crippen LogP) is 5.94. The van der Waals surface area contributed by atoms with Crippen LogP contribution in [0.25, 0.3) is 0 Å². The Morgan fingerprint density at radius 1 is 1.10 bits per heavy atom. The van der Waals surface area contributed by atoms with Crippen LogP contribution in [0.15, 0.2) is 40.9 Å². The van der Waals surface area contributed by atoms with Gasteiger partial charge in [-0.05, 0) is 58.7 Å². The van der Waals surface area contributed by atoms with Crippen molar-refractivity contribution in [1.82, 2.24) is 0 Å². The maximum atomic E-state index is 6.04. The number of methoxy groups -OCH3 is 1. The number of halogens is 3. The van der Waals surface area contributed by atoms with Crippen molar-refractivity contribution in [3.63, 3.8) is 0 Å². The van der Waals surface area contributed by atoms with Crippen LogP contribution < -0.4 is 10.1 Å². The van der Waals surface area contributed by atoms with Gasteiger partial charge in [-0.3, -0.25) is 0 Å². The number of nitrogens with one attached hydrogen (secondary N) is 1. The highest BCUT2D eigenvalue weighted by molar-refractivity contribution is 9.10. The molecule has 2 aromatic carbocycles. The van der Waals surface area contributed by atoms with Gasteiger partial charge < -0.3 is 10.1 Å². The highest BCUT2D eigenvalue weighted by Gasteiger charge is 2.09. The third-order valence-electron chi connectivity index (χ3n) is 2.98. The first-order valence-corrected chi connectivity index (χ1v) is 7.61. The van der Waals surface area contributed by atoms with E-state index >= 15 is 0 Å². The number of hydrogen-bond acceptors (Lipinski definition) is 2. The lowest BCUT2D eigenvalue weighted by atomic mass is 10.1. The molecular formula is C15H14BrCl2NO. The van der Waals surface area contributed by atoms with Crippen molar-refractivity contribution >= 4 is 44.8 Å². The third-order valence-corrected chi connectivity index (χ3v) is 4.34. The van der Waals surface area contributed by atoms with Crippen molar-refractivity contribution in [2.45, 2.75) is 13.0 Å². The topological polar surface area (TPSA) is 21.3 Å². The van der Waals surface area contributed by atoms with Crippen molar-refractivity contribution in [3.05, 3.63) is 56.5 Å². The third kappa shape index (κ3) is 3.60. The maximum Gasteiger partial charge on any atom is 0.133 e. The average Bonchev–Trinajstić information content (AvgIpc) is 2.42. The van der Waals surface area contributed by atoms with Gasteiger partial charge in [-0.25, -0.2) is 0 Å². The highest BCUT2D eigenvalue weighted by atomic mass is 79.9. The molecule has 5 heteroatoms. The molecule has 0 aliphatic heterocycles. The molecule has 2 nitrogen and oxygen atoms in total. The fourth-order valence-electron chi connectivity index (χ4n) is 1.87. The second kappa shape index (κ2) is 6.70. The second-order valence-electron chi connectivity index (χ2n) is 4.39. The molecule has 0 bridgehead atoms. The Morgan fingerprint density at radius 3 is 2.45 bits per heavy atom. The molecule has 1 N–H and O–H groups in total. The summed E-state index contributed by atoms with van der Waals surface area (Å²) in [5.41, 5.74) is 2.07. The number of rotatable bonds is 4. The van der Waals surface area contributed by atoms with E-state index in [0.29, 0.717) is 10.0 Å². The Hall–Kier alpha value is -0.900. The molecule has 0 amide bonds. The van der Waals surface area contributed by atoms with Crippen LogP contribution in [0.4, 0.5) is 5.69 Å². The first-order chi connectivity index (χ1) is 9.51. The van der Waals surface area contributed by atoms with Crippen molar-refractivity contribution < 1.29 is 4.74 Å². The molecule has 0 radical (unpaired) electrons. The fourth-order valence-corrected chi connectivity index (χ4v) is 2.72. The van der Waals surface area contributed by atoms with Gasteiger partial charge >= 0.3 is 0 Å². The zero-order valence-electron chi connectivity index (χ0n) is 11.1. The molecule has 0 aromatic heterocycles. The maximum absolute atomic E-state index is 6.04. The molecule has 0 heterocycles. The highest BCUT2D eigenvalue weighted by Crippen LogP contribution is 2.31. The number of ether oxygens (including phenoxy) is 1. The van der Waals surface area contributed by atoms with E-state index in [2.05, 4.69) is 28.2 Å². The summed E-state index contributed by atoms with van der Waals surface area (Å²) >= 11 is 15.4. The van der Waals surface area contributed by atoms with Crippen molar-refractivity contribution in [1.29, 1.82) is 0 Å². The molecule has 0 spiro atoms. The van der Waals surface area contributed by atoms with Gasteiger partial charge in [-0.1, -0.05) is 29.3 Å². The summed E-state index contributed by atoms with van der Waals surface area (Å²) in [7, 11) is 1.64. The van der Waals surface area contributed by atoms with Gasteiger partial charge in [-0.2, -0.15) is 0 Å². The Kier molecular flexibility index (Phi) is 5.19. The molecule has 106 valence electrons. The number of hydrogen-bond donors (Lipinski definition) is 1. The molecule has 1 unspecified atom stereocenters. The zero-order valence-corrected chi connectivity index (χ0v) is 14.2.